The van der Waals surface area contributed by atoms with E-state index < -0.39 is 15.6 Å². The number of rotatable bonds is 3. The average molecular weight is 352 g/mol. The van der Waals surface area contributed by atoms with Gasteiger partial charge in [0, 0.05) is 24.8 Å². The summed E-state index contributed by atoms with van der Waals surface area (Å²) in [5.41, 5.74) is 1.37. The molecule has 6 nitrogen and oxygen atoms in total. The lowest BCUT2D eigenvalue weighted by Gasteiger charge is -2.38. The van der Waals surface area contributed by atoms with Gasteiger partial charge >= 0.3 is 0 Å². The zero-order chi connectivity index (χ0) is 17.4. The molecule has 2 heterocycles. The van der Waals surface area contributed by atoms with Gasteiger partial charge in [-0.15, -0.1) is 0 Å². The van der Waals surface area contributed by atoms with Crippen molar-refractivity contribution in [3.8, 4) is 0 Å². The minimum atomic E-state index is -3.23. The van der Waals surface area contributed by atoms with Gasteiger partial charge in [0.25, 0.3) is 5.91 Å². The van der Waals surface area contributed by atoms with Crippen molar-refractivity contribution in [1.29, 1.82) is 0 Å². The molecular formula is C17H24N2O4S. The summed E-state index contributed by atoms with van der Waals surface area (Å²) >= 11 is 0. The van der Waals surface area contributed by atoms with Crippen LogP contribution in [-0.4, -0.2) is 56.8 Å². The SMILES string of the molecule is Cc1ccc(C(=O)N2CC[C@]3(C[C@H](NS(C)(=O)=O)CCO3)C2)cc1. The van der Waals surface area contributed by atoms with Crippen molar-refractivity contribution in [2.45, 2.75) is 37.8 Å². The van der Waals surface area contributed by atoms with Gasteiger partial charge in [-0.3, -0.25) is 4.79 Å². The topological polar surface area (TPSA) is 75.7 Å². The molecular weight excluding hydrogens is 328 g/mol. The van der Waals surface area contributed by atoms with Crippen molar-refractivity contribution >= 4 is 15.9 Å². The number of hydrogen-bond acceptors (Lipinski definition) is 4. The Labute approximate surface area is 143 Å². The number of benzene rings is 1. The maximum Gasteiger partial charge on any atom is 0.253 e. The van der Waals surface area contributed by atoms with E-state index in [0.29, 0.717) is 38.1 Å². The number of nitrogens with zero attached hydrogens (tertiary/aromatic N) is 1. The maximum atomic E-state index is 12.7. The van der Waals surface area contributed by atoms with Gasteiger partial charge in [0.2, 0.25) is 10.0 Å². The molecule has 2 aliphatic rings. The minimum Gasteiger partial charge on any atom is -0.373 e. The fourth-order valence-corrected chi connectivity index (χ4v) is 4.42. The summed E-state index contributed by atoms with van der Waals surface area (Å²) in [4.78, 5) is 14.5. The van der Waals surface area contributed by atoms with Crippen LogP contribution >= 0.6 is 0 Å². The van der Waals surface area contributed by atoms with Crippen molar-refractivity contribution in [2.24, 2.45) is 0 Å². The fourth-order valence-electron chi connectivity index (χ4n) is 3.61. The lowest BCUT2D eigenvalue weighted by Crippen LogP contribution is -2.50. The molecule has 0 saturated carbocycles. The molecule has 0 bridgehead atoms. The van der Waals surface area contributed by atoms with E-state index >= 15 is 0 Å². The third-order valence-electron chi connectivity index (χ3n) is 4.78. The first kappa shape index (κ1) is 17.4. The second kappa shape index (κ2) is 6.46. The molecule has 1 aromatic carbocycles. The standard InChI is InChI=1S/C17H24N2O4S/c1-13-3-5-14(6-4-13)16(20)19-9-8-17(12-19)11-15(7-10-23-17)18-24(2,21)22/h3-6,15,18H,7-12H2,1-2H3/t15-,17+/m1/s1. The number of likely N-dealkylation sites (tertiary alicyclic amines) is 1. The second-order valence-corrected chi connectivity index (χ2v) is 8.73. The zero-order valence-corrected chi connectivity index (χ0v) is 14.9. The van der Waals surface area contributed by atoms with Crippen LogP contribution in [0.4, 0.5) is 0 Å². The monoisotopic (exact) mass is 352 g/mol. The Bertz CT molecular complexity index is 717. The summed E-state index contributed by atoms with van der Waals surface area (Å²) in [6, 6.07) is 7.43. The van der Waals surface area contributed by atoms with Gasteiger partial charge in [-0.25, -0.2) is 13.1 Å². The van der Waals surface area contributed by atoms with Crippen molar-refractivity contribution < 1.29 is 17.9 Å². The average Bonchev–Trinajstić information content (AvgIpc) is 2.89. The Balaban J connectivity index is 1.67. The van der Waals surface area contributed by atoms with Crippen molar-refractivity contribution in [1.82, 2.24) is 9.62 Å². The molecule has 132 valence electrons. The maximum absolute atomic E-state index is 12.7. The van der Waals surface area contributed by atoms with E-state index in [1.807, 2.05) is 36.1 Å². The van der Waals surface area contributed by atoms with Gasteiger partial charge < -0.3 is 9.64 Å². The predicted octanol–water partition coefficient (Wildman–Crippen LogP) is 1.31. The lowest BCUT2D eigenvalue weighted by atomic mass is 9.90. The van der Waals surface area contributed by atoms with Crippen LogP contribution in [0.5, 0.6) is 0 Å². The van der Waals surface area contributed by atoms with Crippen LogP contribution in [-0.2, 0) is 14.8 Å². The highest BCUT2D eigenvalue weighted by Gasteiger charge is 2.45. The molecule has 0 radical (unpaired) electrons. The van der Waals surface area contributed by atoms with Gasteiger partial charge in [-0.1, -0.05) is 17.7 Å². The third kappa shape index (κ3) is 3.96. The molecule has 1 N–H and O–H groups in total. The third-order valence-corrected chi connectivity index (χ3v) is 5.54. The summed E-state index contributed by atoms with van der Waals surface area (Å²) in [6.07, 6.45) is 3.20. The van der Waals surface area contributed by atoms with Crippen LogP contribution < -0.4 is 4.72 Å². The summed E-state index contributed by atoms with van der Waals surface area (Å²) in [6.45, 7) is 3.66. The van der Waals surface area contributed by atoms with Crippen LogP contribution in [0.1, 0.15) is 35.2 Å². The van der Waals surface area contributed by atoms with E-state index in [1.54, 1.807) is 0 Å². The van der Waals surface area contributed by atoms with Gasteiger partial charge in [0.05, 0.1) is 18.4 Å². The molecule has 0 unspecified atom stereocenters. The summed E-state index contributed by atoms with van der Waals surface area (Å²) in [7, 11) is -3.23. The largest absolute Gasteiger partial charge is 0.373 e. The smallest absolute Gasteiger partial charge is 0.253 e. The number of sulfonamides is 1. The van der Waals surface area contributed by atoms with Crippen molar-refractivity contribution in [3.63, 3.8) is 0 Å². The van der Waals surface area contributed by atoms with Crippen molar-refractivity contribution in [2.75, 3.05) is 26.0 Å². The highest BCUT2D eigenvalue weighted by molar-refractivity contribution is 7.88. The molecule has 7 heteroatoms. The first-order valence-corrected chi connectivity index (χ1v) is 10.1. The summed E-state index contributed by atoms with van der Waals surface area (Å²) in [5, 5.41) is 0. The summed E-state index contributed by atoms with van der Waals surface area (Å²) in [5.74, 6) is 0.00803. The number of ether oxygens (including phenoxy) is 1. The van der Waals surface area contributed by atoms with E-state index in [4.69, 9.17) is 4.74 Å². The summed E-state index contributed by atoms with van der Waals surface area (Å²) < 4.78 is 31.6. The Morgan fingerprint density at radius 1 is 1.33 bits per heavy atom. The number of amides is 1. The molecule has 1 aromatic rings. The van der Waals surface area contributed by atoms with E-state index in [2.05, 4.69) is 4.72 Å². The van der Waals surface area contributed by atoms with Crippen LogP contribution in [0.15, 0.2) is 24.3 Å². The normalized spacial score (nSPS) is 27.6. The van der Waals surface area contributed by atoms with Gasteiger partial charge in [0.1, 0.15) is 0 Å². The van der Waals surface area contributed by atoms with E-state index in [-0.39, 0.29) is 11.9 Å². The molecule has 2 atom stereocenters. The van der Waals surface area contributed by atoms with E-state index in [9.17, 15) is 13.2 Å². The minimum absolute atomic E-state index is 0.00803. The van der Waals surface area contributed by atoms with E-state index in [1.165, 1.54) is 6.26 Å². The molecule has 1 amide bonds. The molecule has 1 spiro atoms. The van der Waals surface area contributed by atoms with Gasteiger partial charge in [-0.2, -0.15) is 0 Å². The predicted molar refractivity (Wildman–Crippen MR) is 91.4 cm³/mol. The Morgan fingerprint density at radius 3 is 2.71 bits per heavy atom. The van der Waals surface area contributed by atoms with Crippen molar-refractivity contribution in [3.05, 3.63) is 35.4 Å². The Kier molecular flexibility index (Phi) is 4.68. The highest BCUT2D eigenvalue weighted by atomic mass is 32.2. The molecule has 0 aliphatic carbocycles. The highest BCUT2D eigenvalue weighted by Crippen LogP contribution is 2.35. The molecule has 2 aliphatic heterocycles. The number of carbonyl (C=O) groups excluding carboxylic acids is 1. The quantitative estimate of drug-likeness (QED) is 0.890. The van der Waals surface area contributed by atoms with Crippen LogP contribution in [0.25, 0.3) is 0 Å². The molecule has 3 rings (SSSR count). The van der Waals surface area contributed by atoms with E-state index in [0.717, 1.165) is 12.0 Å². The number of carbonyl (C=O) groups is 1. The first-order chi connectivity index (χ1) is 11.3. The van der Waals surface area contributed by atoms with Crippen LogP contribution in [0.3, 0.4) is 0 Å². The molecule has 2 fully saturated rings. The van der Waals surface area contributed by atoms with Gasteiger partial charge in [0.15, 0.2) is 0 Å². The fraction of sp³-hybridized carbons (Fsp3) is 0.588. The number of hydrogen-bond donors (Lipinski definition) is 1. The first-order valence-electron chi connectivity index (χ1n) is 8.24. The van der Waals surface area contributed by atoms with Gasteiger partial charge in [-0.05, 0) is 38.3 Å². The van der Waals surface area contributed by atoms with Crippen LogP contribution in [0.2, 0.25) is 0 Å². The lowest BCUT2D eigenvalue weighted by molar-refractivity contribution is -0.0763. The number of nitrogens with one attached hydrogen (secondary N) is 1. The Morgan fingerprint density at radius 2 is 2.04 bits per heavy atom. The molecule has 0 aromatic heterocycles. The zero-order valence-electron chi connectivity index (χ0n) is 14.1. The molecule has 2 saturated heterocycles. The van der Waals surface area contributed by atoms with Crippen LogP contribution in [0, 0.1) is 6.92 Å². The molecule has 24 heavy (non-hydrogen) atoms. The Hall–Kier alpha value is -1.44. The number of aryl methyl sites for hydroxylation is 1. The second-order valence-electron chi connectivity index (χ2n) is 6.95.